The van der Waals surface area contributed by atoms with Crippen LogP contribution in [0.5, 0.6) is 11.5 Å². The number of furan rings is 1. The lowest BCUT2D eigenvalue weighted by Crippen LogP contribution is -2.26. The van der Waals surface area contributed by atoms with Gasteiger partial charge in [-0.1, -0.05) is 25.8 Å². The van der Waals surface area contributed by atoms with Gasteiger partial charge >= 0.3 is 0 Å². The summed E-state index contributed by atoms with van der Waals surface area (Å²) in [4.78, 5) is 12.3. The van der Waals surface area contributed by atoms with Crippen LogP contribution >= 0.6 is 0 Å². The second kappa shape index (κ2) is 9.16. The fourth-order valence-corrected chi connectivity index (χ4v) is 2.56. The summed E-state index contributed by atoms with van der Waals surface area (Å²) >= 11 is 0. The third kappa shape index (κ3) is 5.02. The van der Waals surface area contributed by atoms with Crippen molar-refractivity contribution in [2.45, 2.75) is 46.1 Å². The summed E-state index contributed by atoms with van der Waals surface area (Å²) in [6.45, 7) is 6.60. The summed E-state index contributed by atoms with van der Waals surface area (Å²) in [6.07, 6.45) is 4.85. The van der Waals surface area contributed by atoms with Gasteiger partial charge < -0.3 is 19.2 Å². The third-order valence-electron chi connectivity index (χ3n) is 4.11. The molecule has 0 aliphatic carbocycles. The molecule has 0 radical (unpaired) electrons. The van der Waals surface area contributed by atoms with Crippen LogP contribution in [0.1, 0.15) is 60.8 Å². The monoisotopic (exact) mass is 345 g/mol. The molecule has 1 aromatic carbocycles. The van der Waals surface area contributed by atoms with Crippen molar-refractivity contribution < 1.29 is 18.7 Å². The van der Waals surface area contributed by atoms with E-state index in [1.165, 1.54) is 6.26 Å². The highest BCUT2D eigenvalue weighted by atomic mass is 16.5. The van der Waals surface area contributed by atoms with Crippen LogP contribution < -0.4 is 14.8 Å². The van der Waals surface area contributed by atoms with E-state index in [9.17, 15) is 4.79 Å². The minimum atomic E-state index is -0.228. The number of hydrogen-bond acceptors (Lipinski definition) is 4. The second-order valence-corrected chi connectivity index (χ2v) is 6.09. The molecular weight excluding hydrogens is 318 g/mol. The molecule has 5 nitrogen and oxygen atoms in total. The van der Waals surface area contributed by atoms with Gasteiger partial charge in [0.25, 0.3) is 5.91 Å². The van der Waals surface area contributed by atoms with E-state index in [0.717, 1.165) is 36.1 Å². The summed E-state index contributed by atoms with van der Waals surface area (Å²) in [5.74, 6) is 1.51. The Labute approximate surface area is 149 Å². The molecule has 25 heavy (non-hydrogen) atoms. The van der Waals surface area contributed by atoms with Gasteiger partial charge in [-0.3, -0.25) is 4.79 Å². The summed E-state index contributed by atoms with van der Waals surface area (Å²) in [5.41, 5.74) is 1.76. The zero-order valence-corrected chi connectivity index (χ0v) is 15.4. The zero-order valence-electron chi connectivity index (χ0n) is 15.4. The first-order valence-electron chi connectivity index (χ1n) is 8.72. The summed E-state index contributed by atoms with van der Waals surface area (Å²) in [7, 11) is 1.62. The Morgan fingerprint density at radius 2 is 2.04 bits per heavy atom. The predicted molar refractivity (Wildman–Crippen MR) is 97.3 cm³/mol. The van der Waals surface area contributed by atoms with Crippen LogP contribution in [0.2, 0.25) is 0 Å². The van der Waals surface area contributed by atoms with Crippen LogP contribution in [-0.4, -0.2) is 19.6 Å². The number of hydrogen-bond donors (Lipinski definition) is 1. The molecule has 1 amide bonds. The molecule has 0 spiro atoms. The van der Waals surface area contributed by atoms with Gasteiger partial charge in [0.1, 0.15) is 0 Å². The number of rotatable bonds is 9. The van der Waals surface area contributed by atoms with Gasteiger partial charge in [-0.2, -0.15) is 0 Å². The van der Waals surface area contributed by atoms with Crippen molar-refractivity contribution in [3.05, 3.63) is 47.4 Å². The molecule has 0 saturated heterocycles. The van der Waals surface area contributed by atoms with Gasteiger partial charge in [-0.15, -0.1) is 0 Å². The lowest BCUT2D eigenvalue weighted by Gasteiger charge is -2.17. The minimum Gasteiger partial charge on any atom is -0.493 e. The number of methoxy groups -OCH3 is 1. The van der Waals surface area contributed by atoms with Gasteiger partial charge in [-0.05, 0) is 44.0 Å². The van der Waals surface area contributed by atoms with E-state index in [2.05, 4.69) is 12.2 Å². The molecule has 2 rings (SSSR count). The van der Waals surface area contributed by atoms with E-state index < -0.39 is 0 Å². The molecule has 1 aromatic heterocycles. The standard InChI is InChI=1S/C20H27NO4/c1-5-6-7-11-24-17-9-8-16(13-18(17)23-4)15(3)21-20(22)19-14(2)10-12-25-19/h8-10,12-13,15H,5-7,11H2,1-4H3,(H,21,22). The van der Waals surface area contributed by atoms with Crippen LogP contribution in [0.4, 0.5) is 0 Å². The maximum absolute atomic E-state index is 12.3. The molecule has 1 N–H and O–H groups in total. The SMILES string of the molecule is CCCCCOc1ccc(C(C)NC(=O)c2occc2C)cc1OC. The Balaban J connectivity index is 2.03. The number of benzene rings is 1. The third-order valence-corrected chi connectivity index (χ3v) is 4.11. The van der Waals surface area contributed by atoms with E-state index >= 15 is 0 Å². The zero-order chi connectivity index (χ0) is 18.2. The smallest absolute Gasteiger partial charge is 0.287 e. The predicted octanol–water partition coefficient (Wildman–Crippen LogP) is 4.66. The maximum atomic E-state index is 12.3. The largest absolute Gasteiger partial charge is 0.493 e. The average Bonchev–Trinajstić information content (AvgIpc) is 3.04. The quantitative estimate of drug-likeness (QED) is 0.672. The van der Waals surface area contributed by atoms with Crippen LogP contribution in [-0.2, 0) is 0 Å². The number of carbonyl (C=O) groups is 1. The Hall–Kier alpha value is -2.43. The molecular formula is C20H27NO4. The first-order chi connectivity index (χ1) is 12.1. The lowest BCUT2D eigenvalue weighted by molar-refractivity contribution is 0.0911. The molecule has 1 unspecified atom stereocenters. The van der Waals surface area contributed by atoms with Gasteiger partial charge in [0.15, 0.2) is 17.3 Å². The highest BCUT2D eigenvalue weighted by molar-refractivity contribution is 5.93. The first-order valence-corrected chi connectivity index (χ1v) is 8.72. The van der Waals surface area contributed by atoms with Crippen molar-refractivity contribution in [3.8, 4) is 11.5 Å². The fourth-order valence-electron chi connectivity index (χ4n) is 2.56. The van der Waals surface area contributed by atoms with Gasteiger partial charge in [0.05, 0.1) is 26.0 Å². The van der Waals surface area contributed by atoms with E-state index in [1.54, 1.807) is 13.2 Å². The molecule has 0 aliphatic heterocycles. The Morgan fingerprint density at radius 3 is 2.68 bits per heavy atom. The highest BCUT2D eigenvalue weighted by Gasteiger charge is 2.17. The Kier molecular flexibility index (Phi) is 6.92. The second-order valence-electron chi connectivity index (χ2n) is 6.09. The number of carbonyl (C=O) groups excluding carboxylic acids is 1. The number of aryl methyl sites for hydroxylation is 1. The normalized spacial score (nSPS) is 11.8. The summed E-state index contributed by atoms with van der Waals surface area (Å²) in [5, 5.41) is 2.94. The van der Waals surface area contributed by atoms with Crippen molar-refractivity contribution in [1.82, 2.24) is 5.32 Å². The average molecular weight is 345 g/mol. The molecule has 1 heterocycles. The van der Waals surface area contributed by atoms with Crippen LogP contribution in [0.3, 0.4) is 0 Å². The number of unbranched alkanes of at least 4 members (excludes halogenated alkanes) is 2. The van der Waals surface area contributed by atoms with Crippen LogP contribution in [0.25, 0.3) is 0 Å². The maximum Gasteiger partial charge on any atom is 0.287 e. The molecule has 0 saturated carbocycles. The number of ether oxygens (including phenoxy) is 2. The molecule has 0 aliphatic rings. The lowest BCUT2D eigenvalue weighted by atomic mass is 10.1. The van der Waals surface area contributed by atoms with Crippen molar-refractivity contribution in [3.63, 3.8) is 0 Å². The van der Waals surface area contributed by atoms with Crippen LogP contribution in [0.15, 0.2) is 34.9 Å². The molecule has 5 heteroatoms. The van der Waals surface area contributed by atoms with Gasteiger partial charge in [-0.25, -0.2) is 0 Å². The number of amides is 1. The van der Waals surface area contributed by atoms with Crippen LogP contribution in [0, 0.1) is 6.92 Å². The number of nitrogens with one attached hydrogen (secondary N) is 1. The summed E-state index contributed by atoms with van der Waals surface area (Å²) < 4.78 is 16.5. The van der Waals surface area contributed by atoms with Crippen molar-refractivity contribution in [2.24, 2.45) is 0 Å². The van der Waals surface area contributed by atoms with E-state index in [1.807, 2.05) is 32.0 Å². The van der Waals surface area contributed by atoms with E-state index in [4.69, 9.17) is 13.9 Å². The van der Waals surface area contributed by atoms with Crippen molar-refractivity contribution in [2.75, 3.05) is 13.7 Å². The van der Waals surface area contributed by atoms with E-state index in [0.29, 0.717) is 18.1 Å². The molecule has 1 atom stereocenters. The Morgan fingerprint density at radius 1 is 1.24 bits per heavy atom. The fraction of sp³-hybridized carbons (Fsp3) is 0.450. The topological polar surface area (TPSA) is 60.7 Å². The van der Waals surface area contributed by atoms with Crippen molar-refractivity contribution >= 4 is 5.91 Å². The minimum absolute atomic E-state index is 0.181. The molecule has 0 fully saturated rings. The first kappa shape index (κ1) is 18.9. The molecule has 2 aromatic rings. The van der Waals surface area contributed by atoms with Gasteiger partial charge in [0, 0.05) is 5.56 Å². The summed E-state index contributed by atoms with van der Waals surface area (Å²) in [6, 6.07) is 7.32. The molecule has 0 bridgehead atoms. The van der Waals surface area contributed by atoms with Gasteiger partial charge in [0.2, 0.25) is 0 Å². The Bertz CT molecular complexity index is 693. The van der Waals surface area contributed by atoms with E-state index in [-0.39, 0.29) is 11.9 Å². The molecule has 136 valence electrons. The highest BCUT2D eigenvalue weighted by Crippen LogP contribution is 2.30. The van der Waals surface area contributed by atoms with Crippen molar-refractivity contribution in [1.29, 1.82) is 0 Å².